The molecule has 0 radical (unpaired) electrons. The van der Waals surface area contributed by atoms with Crippen molar-refractivity contribution in [3.8, 4) is 0 Å². The van der Waals surface area contributed by atoms with Gasteiger partial charge in [-0.15, -0.1) is 11.3 Å². The predicted molar refractivity (Wildman–Crippen MR) is 105 cm³/mol. The van der Waals surface area contributed by atoms with Crippen LogP contribution in [-0.2, 0) is 16.0 Å². The number of hydrogen-bond acceptors (Lipinski definition) is 4. The molecule has 1 aromatic carbocycles. The molecule has 1 aliphatic heterocycles. The first kappa shape index (κ1) is 18.2. The number of thiophene rings is 1. The van der Waals surface area contributed by atoms with Crippen LogP contribution in [0.4, 0.5) is 5.69 Å². The normalized spacial score (nSPS) is 21.4. The zero-order valence-electron chi connectivity index (χ0n) is 15.7. The van der Waals surface area contributed by atoms with Crippen LogP contribution >= 0.6 is 11.3 Å². The molecular weight excluding hydrogens is 360 g/mol. The number of nitrogens with one attached hydrogen (secondary N) is 2. The number of fused-ring (bicyclic) bond motifs is 1. The number of ether oxygens (including phenoxy) is 1. The summed E-state index contributed by atoms with van der Waals surface area (Å²) in [4.78, 5) is 27.4. The minimum atomic E-state index is -0.397. The molecule has 1 unspecified atom stereocenters. The summed E-state index contributed by atoms with van der Waals surface area (Å²) in [6.45, 7) is 3.39. The fraction of sp³-hybridized carbons (Fsp3) is 0.429. The molecule has 1 aromatic heterocycles. The van der Waals surface area contributed by atoms with Gasteiger partial charge in [-0.05, 0) is 48.9 Å². The SMILES string of the molecule is COC(=O)c1ccc(C)c(NC(=O)C[NH+]2CCc3sccc3[C@H]2C2CC2)c1. The molecule has 4 rings (SSSR count). The molecule has 2 heterocycles. The Kier molecular flexibility index (Phi) is 5.02. The monoisotopic (exact) mass is 385 g/mol. The van der Waals surface area contributed by atoms with Crippen molar-refractivity contribution in [1.82, 2.24) is 0 Å². The Morgan fingerprint density at radius 1 is 1.30 bits per heavy atom. The third-order valence-electron chi connectivity index (χ3n) is 5.64. The van der Waals surface area contributed by atoms with Crippen molar-refractivity contribution < 1.29 is 19.2 Å². The van der Waals surface area contributed by atoms with Crippen LogP contribution in [0.5, 0.6) is 0 Å². The Morgan fingerprint density at radius 3 is 2.85 bits per heavy atom. The van der Waals surface area contributed by atoms with Gasteiger partial charge in [-0.25, -0.2) is 4.79 Å². The van der Waals surface area contributed by atoms with E-state index in [1.807, 2.05) is 24.3 Å². The molecular formula is C21H25N2O3S+. The standard InChI is InChI=1S/C21H24N2O3S/c1-13-3-4-15(21(25)26-2)11-17(13)22-19(24)12-23-9-7-18-16(8-10-27-18)20(23)14-5-6-14/h3-4,8,10-11,14,20H,5-7,9,12H2,1-2H3,(H,22,24)/p+1/t20-/m1/s1. The van der Waals surface area contributed by atoms with E-state index < -0.39 is 5.97 Å². The predicted octanol–water partition coefficient (Wildman–Crippen LogP) is 2.37. The van der Waals surface area contributed by atoms with Crippen LogP contribution in [0, 0.1) is 12.8 Å². The Bertz CT molecular complexity index is 872. The van der Waals surface area contributed by atoms with Gasteiger partial charge in [0, 0.05) is 28.5 Å². The number of aryl methyl sites for hydroxylation is 1. The largest absolute Gasteiger partial charge is 0.465 e. The Hall–Kier alpha value is -2.18. The number of anilines is 1. The highest BCUT2D eigenvalue weighted by Gasteiger charge is 2.43. The summed E-state index contributed by atoms with van der Waals surface area (Å²) < 4.78 is 4.78. The van der Waals surface area contributed by atoms with Crippen molar-refractivity contribution in [1.29, 1.82) is 0 Å². The van der Waals surface area contributed by atoms with Crippen LogP contribution < -0.4 is 10.2 Å². The number of carbonyl (C=O) groups excluding carboxylic acids is 2. The lowest BCUT2D eigenvalue weighted by molar-refractivity contribution is -0.928. The molecule has 2 aliphatic rings. The smallest absolute Gasteiger partial charge is 0.337 e. The molecule has 1 amide bonds. The van der Waals surface area contributed by atoms with E-state index in [1.165, 1.54) is 35.3 Å². The second-order valence-corrected chi connectivity index (χ2v) is 8.52. The Morgan fingerprint density at radius 2 is 2.11 bits per heavy atom. The summed E-state index contributed by atoms with van der Waals surface area (Å²) in [6, 6.07) is 7.95. The van der Waals surface area contributed by atoms with Crippen LogP contribution in [0.1, 0.15) is 45.2 Å². The van der Waals surface area contributed by atoms with Gasteiger partial charge in [0.05, 0.1) is 19.2 Å². The van der Waals surface area contributed by atoms with Crippen LogP contribution in [0.3, 0.4) is 0 Å². The fourth-order valence-corrected chi connectivity index (χ4v) is 5.03. The zero-order chi connectivity index (χ0) is 19.0. The number of methoxy groups -OCH3 is 1. The van der Waals surface area contributed by atoms with Crippen molar-refractivity contribution in [2.45, 2.75) is 32.2 Å². The van der Waals surface area contributed by atoms with E-state index in [9.17, 15) is 9.59 Å². The minimum Gasteiger partial charge on any atom is -0.465 e. The quantitative estimate of drug-likeness (QED) is 0.777. The molecule has 0 bridgehead atoms. The van der Waals surface area contributed by atoms with E-state index in [4.69, 9.17) is 4.74 Å². The van der Waals surface area contributed by atoms with E-state index in [0.717, 1.165) is 18.5 Å². The van der Waals surface area contributed by atoms with Gasteiger partial charge in [-0.2, -0.15) is 0 Å². The fourth-order valence-electron chi connectivity index (χ4n) is 4.10. The van der Waals surface area contributed by atoms with Crippen LogP contribution in [0.25, 0.3) is 0 Å². The van der Waals surface area contributed by atoms with Crippen molar-refractivity contribution in [3.63, 3.8) is 0 Å². The summed E-state index contributed by atoms with van der Waals surface area (Å²) in [7, 11) is 1.36. The van der Waals surface area contributed by atoms with E-state index >= 15 is 0 Å². The van der Waals surface area contributed by atoms with E-state index in [1.54, 1.807) is 12.1 Å². The van der Waals surface area contributed by atoms with Gasteiger partial charge in [0.1, 0.15) is 6.04 Å². The molecule has 27 heavy (non-hydrogen) atoms. The average Bonchev–Trinajstić information content (AvgIpc) is 3.38. The van der Waals surface area contributed by atoms with Crippen LogP contribution in [0.15, 0.2) is 29.6 Å². The first-order valence-corrected chi connectivity index (χ1v) is 10.3. The third kappa shape index (κ3) is 3.77. The number of rotatable bonds is 5. The number of amides is 1. The molecule has 142 valence electrons. The van der Waals surface area contributed by atoms with Crippen molar-refractivity contribution >= 4 is 28.9 Å². The number of esters is 1. The maximum Gasteiger partial charge on any atom is 0.337 e. The highest BCUT2D eigenvalue weighted by Crippen LogP contribution is 2.42. The summed E-state index contributed by atoms with van der Waals surface area (Å²) in [6.07, 6.45) is 3.59. The molecule has 0 saturated heterocycles. The van der Waals surface area contributed by atoms with E-state index in [0.29, 0.717) is 29.8 Å². The molecule has 5 nitrogen and oxygen atoms in total. The lowest BCUT2D eigenvalue weighted by atomic mass is 9.96. The number of carbonyl (C=O) groups is 2. The molecule has 1 fully saturated rings. The zero-order valence-corrected chi connectivity index (χ0v) is 16.5. The van der Waals surface area contributed by atoms with E-state index in [2.05, 4.69) is 16.8 Å². The first-order chi connectivity index (χ1) is 13.1. The lowest BCUT2D eigenvalue weighted by Crippen LogP contribution is -3.14. The third-order valence-corrected chi connectivity index (χ3v) is 6.64. The van der Waals surface area contributed by atoms with Crippen molar-refractivity contribution in [3.05, 3.63) is 51.2 Å². The highest BCUT2D eigenvalue weighted by molar-refractivity contribution is 7.10. The molecule has 2 N–H and O–H groups in total. The maximum absolute atomic E-state index is 12.8. The summed E-state index contributed by atoms with van der Waals surface area (Å²) in [5.74, 6) is 0.316. The number of quaternary nitrogens is 1. The summed E-state index contributed by atoms with van der Waals surface area (Å²) >= 11 is 1.85. The lowest BCUT2D eigenvalue weighted by Gasteiger charge is -2.32. The first-order valence-electron chi connectivity index (χ1n) is 9.46. The molecule has 2 atom stereocenters. The van der Waals surface area contributed by atoms with Gasteiger partial charge in [0.25, 0.3) is 5.91 Å². The second kappa shape index (κ2) is 7.44. The summed E-state index contributed by atoms with van der Waals surface area (Å²) in [5, 5.41) is 5.19. The van der Waals surface area contributed by atoms with Gasteiger partial charge in [-0.3, -0.25) is 4.79 Å². The van der Waals surface area contributed by atoms with Crippen molar-refractivity contribution in [2.75, 3.05) is 25.5 Å². The van der Waals surface area contributed by atoms with E-state index in [-0.39, 0.29) is 5.91 Å². The van der Waals surface area contributed by atoms with Crippen LogP contribution in [0.2, 0.25) is 0 Å². The number of benzene rings is 1. The molecule has 1 saturated carbocycles. The van der Waals surface area contributed by atoms with Gasteiger partial charge in [0.2, 0.25) is 0 Å². The maximum atomic E-state index is 12.8. The Balaban J connectivity index is 1.47. The Labute approximate surface area is 163 Å². The van der Waals surface area contributed by atoms with Gasteiger partial charge in [0.15, 0.2) is 6.54 Å². The highest BCUT2D eigenvalue weighted by atomic mass is 32.1. The van der Waals surface area contributed by atoms with Gasteiger partial charge in [-0.1, -0.05) is 6.07 Å². The van der Waals surface area contributed by atoms with Gasteiger partial charge >= 0.3 is 5.97 Å². The molecule has 6 heteroatoms. The second-order valence-electron chi connectivity index (χ2n) is 7.52. The average molecular weight is 386 g/mol. The molecule has 0 spiro atoms. The minimum absolute atomic E-state index is 0.000514. The number of hydrogen-bond donors (Lipinski definition) is 2. The summed E-state index contributed by atoms with van der Waals surface area (Å²) in [5.41, 5.74) is 3.52. The topological polar surface area (TPSA) is 59.8 Å². The molecule has 2 aromatic rings. The molecule has 1 aliphatic carbocycles. The van der Waals surface area contributed by atoms with Crippen molar-refractivity contribution in [2.24, 2.45) is 5.92 Å². The van der Waals surface area contributed by atoms with Gasteiger partial charge < -0.3 is 15.0 Å². The van der Waals surface area contributed by atoms with Crippen LogP contribution in [-0.4, -0.2) is 32.1 Å².